The van der Waals surface area contributed by atoms with E-state index >= 15 is 0 Å². The number of hydrogen-bond acceptors (Lipinski definition) is 5. The molecule has 0 aliphatic carbocycles. The second kappa shape index (κ2) is 7.16. The summed E-state index contributed by atoms with van der Waals surface area (Å²) in [6.07, 6.45) is 2.27. The largest absolute Gasteiger partial charge is 0.391 e. The van der Waals surface area contributed by atoms with Crippen molar-refractivity contribution < 1.29 is 5.11 Å². The molecule has 1 atom stereocenters. The Balaban J connectivity index is 2.90. The van der Waals surface area contributed by atoms with E-state index in [1.807, 2.05) is 20.9 Å². The van der Waals surface area contributed by atoms with Gasteiger partial charge in [0.25, 0.3) is 0 Å². The summed E-state index contributed by atoms with van der Waals surface area (Å²) in [5, 5.41) is 15.9. The lowest BCUT2D eigenvalue weighted by Gasteiger charge is -2.15. The van der Waals surface area contributed by atoms with Gasteiger partial charge in [0.2, 0.25) is 0 Å². The van der Waals surface area contributed by atoms with Crippen molar-refractivity contribution in [1.82, 2.24) is 9.97 Å². The van der Waals surface area contributed by atoms with E-state index in [0.717, 1.165) is 42.3 Å². The molecule has 5 nitrogen and oxygen atoms in total. The van der Waals surface area contributed by atoms with E-state index < -0.39 is 0 Å². The molecule has 18 heavy (non-hydrogen) atoms. The Morgan fingerprint density at radius 3 is 2.44 bits per heavy atom. The highest BCUT2D eigenvalue weighted by Gasteiger charge is 2.10. The molecule has 0 spiro atoms. The fourth-order valence-corrected chi connectivity index (χ4v) is 1.67. The van der Waals surface area contributed by atoms with Gasteiger partial charge in [0.15, 0.2) is 0 Å². The third-order valence-corrected chi connectivity index (χ3v) is 2.88. The highest BCUT2D eigenvalue weighted by Crippen LogP contribution is 2.20. The average molecular weight is 252 g/mol. The van der Waals surface area contributed by atoms with E-state index in [-0.39, 0.29) is 6.10 Å². The van der Waals surface area contributed by atoms with Gasteiger partial charge in [0, 0.05) is 25.6 Å². The number of aliphatic hydroxyl groups is 1. The van der Waals surface area contributed by atoms with Crippen LogP contribution in [0.3, 0.4) is 0 Å². The van der Waals surface area contributed by atoms with Crippen LogP contribution in [0.5, 0.6) is 0 Å². The van der Waals surface area contributed by atoms with Crippen molar-refractivity contribution in [3.63, 3.8) is 0 Å². The molecule has 0 fully saturated rings. The number of anilines is 2. The van der Waals surface area contributed by atoms with Crippen LogP contribution in [0, 0.1) is 6.92 Å². The molecule has 0 bridgehead atoms. The first kappa shape index (κ1) is 14.7. The van der Waals surface area contributed by atoms with Crippen LogP contribution in [0.25, 0.3) is 0 Å². The zero-order valence-electron chi connectivity index (χ0n) is 11.7. The molecule has 1 rings (SSSR count). The Bertz CT molecular complexity index is 381. The van der Waals surface area contributed by atoms with Gasteiger partial charge in [0.05, 0.1) is 6.10 Å². The van der Waals surface area contributed by atoms with Gasteiger partial charge in [-0.05, 0) is 19.8 Å². The molecule has 0 radical (unpaired) electrons. The van der Waals surface area contributed by atoms with Crippen molar-refractivity contribution in [1.29, 1.82) is 0 Å². The molecule has 1 heterocycles. The Hall–Kier alpha value is -1.36. The zero-order chi connectivity index (χ0) is 13.5. The topological polar surface area (TPSA) is 70.1 Å². The monoisotopic (exact) mass is 252 g/mol. The van der Waals surface area contributed by atoms with Gasteiger partial charge in [-0.25, -0.2) is 9.97 Å². The minimum Gasteiger partial charge on any atom is -0.391 e. The Kier molecular flexibility index (Phi) is 5.85. The first-order valence-electron chi connectivity index (χ1n) is 6.59. The van der Waals surface area contributed by atoms with Crippen LogP contribution >= 0.6 is 0 Å². The van der Waals surface area contributed by atoms with E-state index in [1.165, 1.54) is 0 Å². The van der Waals surface area contributed by atoms with Crippen molar-refractivity contribution in [2.45, 2.75) is 46.1 Å². The molecule has 0 saturated carbocycles. The second-order valence-corrected chi connectivity index (χ2v) is 4.41. The first-order chi connectivity index (χ1) is 8.62. The minimum atomic E-state index is -0.341. The average Bonchev–Trinajstić information content (AvgIpc) is 2.38. The maximum atomic E-state index is 9.59. The molecule has 0 aliphatic heterocycles. The number of aryl methyl sites for hydroxylation is 1. The molecule has 1 aromatic rings. The summed E-state index contributed by atoms with van der Waals surface area (Å²) in [6, 6.07) is 0. The number of nitrogens with zero attached hydrogens (tertiary/aromatic N) is 2. The molecule has 0 amide bonds. The molecule has 0 saturated heterocycles. The molecule has 3 N–H and O–H groups in total. The van der Waals surface area contributed by atoms with E-state index in [1.54, 1.807) is 0 Å². The minimum absolute atomic E-state index is 0.341. The summed E-state index contributed by atoms with van der Waals surface area (Å²) in [5.41, 5.74) is 0.987. The third kappa shape index (κ3) is 3.84. The molecular formula is C13H24N4O. The summed E-state index contributed by atoms with van der Waals surface area (Å²) in [5.74, 6) is 2.49. The maximum absolute atomic E-state index is 9.59. The Morgan fingerprint density at radius 1 is 1.22 bits per heavy atom. The van der Waals surface area contributed by atoms with Crippen molar-refractivity contribution in [2.24, 2.45) is 0 Å². The van der Waals surface area contributed by atoms with Crippen LogP contribution in [0.1, 0.15) is 38.1 Å². The van der Waals surface area contributed by atoms with Crippen LogP contribution < -0.4 is 10.6 Å². The second-order valence-electron chi connectivity index (χ2n) is 4.41. The number of aliphatic hydroxyl groups excluding tert-OH is 1. The van der Waals surface area contributed by atoms with Gasteiger partial charge in [-0.15, -0.1) is 0 Å². The Morgan fingerprint density at radius 2 is 1.89 bits per heavy atom. The fraction of sp³-hybridized carbons (Fsp3) is 0.692. The highest BCUT2D eigenvalue weighted by molar-refractivity contribution is 5.57. The van der Waals surface area contributed by atoms with Gasteiger partial charge < -0.3 is 15.7 Å². The molecular weight excluding hydrogens is 228 g/mol. The SMILES string of the molecule is CCCc1nc(NC)c(C)c(NCC(O)CC)n1. The maximum Gasteiger partial charge on any atom is 0.134 e. The lowest BCUT2D eigenvalue weighted by atomic mass is 10.2. The Labute approximate surface area is 109 Å². The molecule has 1 aromatic heterocycles. The molecule has 1 unspecified atom stereocenters. The predicted molar refractivity (Wildman–Crippen MR) is 75.1 cm³/mol. The smallest absolute Gasteiger partial charge is 0.134 e. The number of nitrogens with one attached hydrogen (secondary N) is 2. The van der Waals surface area contributed by atoms with Crippen LogP contribution in [0.2, 0.25) is 0 Å². The standard InChI is InChI=1S/C13H24N4O/c1-5-7-11-16-12(14-4)9(3)13(17-11)15-8-10(18)6-2/h10,18H,5-8H2,1-4H3,(H2,14,15,16,17). The van der Waals surface area contributed by atoms with Gasteiger partial charge >= 0.3 is 0 Å². The quantitative estimate of drug-likeness (QED) is 0.692. The molecule has 0 aliphatic rings. The highest BCUT2D eigenvalue weighted by atomic mass is 16.3. The fourth-order valence-electron chi connectivity index (χ4n) is 1.67. The lowest BCUT2D eigenvalue weighted by molar-refractivity contribution is 0.183. The van der Waals surface area contributed by atoms with Crippen LogP contribution in [0.15, 0.2) is 0 Å². The van der Waals surface area contributed by atoms with Gasteiger partial charge in [-0.1, -0.05) is 13.8 Å². The summed E-state index contributed by atoms with van der Waals surface area (Å²) in [6.45, 7) is 6.56. The normalized spacial score (nSPS) is 12.3. The van der Waals surface area contributed by atoms with Gasteiger partial charge in [0.1, 0.15) is 17.5 Å². The van der Waals surface area contributed by atoms with Gasteiger partial charge in [-0.3, -0.25) is 0 Å². The van der Waals surface area contributed by atoms with Crippen molar-refractivity contribution in [3.05, 3.63) is 11.4 Å². The van der Waals surface area contributed by atoms with E-state index in [4.69, 9.17) is 0 Å². The van der Waals surface area contributed by atoms with Crippen LogP contribution in [0.4, 0.5) is 11.6 Å². The van der Waals surface area contributed by atoms with E-state index in [9.17, 15) is 5.11 Å². The number of aromatic nitrogens is 2. The van der Waals surface area contributed by atoms with E-state index in [2.05, 4.69) is 27.5 Å². The number of hydrogen-bond donors (Lipinski definition) is 3. The van der Waals surface area contributed by atoms with Gasteiger partial charge in [-0.2, -0.15) is 0 Å². The molecule has 0 aromatic carbocycles. The molecule has 102 valence electrons. The zero-order valence-corrected chi connectivity index (χ0v) is 11.7. The van der Waals surface area contributed by atoms with Crippen molar-refractivity contribution in [3.8, 4) is 0 Å². The summed E-state index contributed by atoms with van der Waals surface area (Å²) >= 11 is 0. The predicted octanol–water partition coefficient (Wildman–Crippen LogP) is 1.96. The lowest BCUT2D eigenvalue weighted by Crippen LogP contribution is -2.20. The summed E-state index contributed by atoms with van der Waals surface area (Å²) in [4.78, 5) is 8.97. The van der Waals surface area contributed by atoms with Crippen molar-refractivity contribution in [2.75, 3.05) is 24.2 Å². The molecule has 5 heteroatoms. The van der Waals surface area contributed by atoms with E-state index in [0.29, 0.717) is 6.54 Å². The van der Waals surface area contributed by atoms with Crippen molar-refractivity contribution >= 4 is 11.6 Å². The van der Waals surface area contributed by atoms with Crippen LogP contribution in [-0.2, 0) is 6.42 Å². The third-order valence-electron chi connectivity index (χ3n) is 2.88. The first-order valence-corrected chi connectivity index (χ1v) is 6.59. The summed E-state index contributed by atoms with van der Waals surface area (Å²) in [7, 11) is 1.86. The summed E-state index contributed by atoms with van der Waals surface area (Å²) < 4.78 is 0. The number of rotatable bonds is 7. The van der Waals surface area contributed by atoms with Crippen LogP contribution in [-0.4, -0.2) is 34.8 Å².